The molecule has 0 fully saturated rings. The first-order valence-corrected chi connectivity index (χ1v) is 14.0. The molecule has 0 unspecified atom stereocenters. The molecule has 1 aromatic rings. The number of hydrogen-bond donors (Lipinski definition) is 2. The van der Waals surface area contributed by atoms with E-state index in [0.717, 1.165) is 30.6 Å². The number of nitrogens with one attached hydrogen (secondary N) is 2. The van der Waals surface area contributed by atoms with Crippen LogP contribution in [-0.2, 0) is 22.7 Å². The number of aromatic nitrogens is 1. The molecule has 0 saturated carbocycles. The van der Waals surface area contributed by atoms with Crippen molar-refractivity contribution in [3.63, 3.8) is 0 Å². The number of pyridine rings is 1. The summed E-state index contributed by atoms with van der Waals surface area (Å²) in [5, 5.41) is 5.66. The van der Waals surface area contributed by atoms with E-state index >= 15 is 0 Å². The van der Waals surface area contributed by atoms with Crippen LogP contribution in [0.1, 0.15) is 83.6 Å². The third kappa shape index (κ3) is 16.5. The van der Waals surface area contributed by atoms with Crippen molar-refractivity contribution >= 4 is 18.0 Å². The molecule has 0 bridgehead atoms. The molecule has 208 valence electrons. The average Bonchev–Trinajstić information content (AvgIpc) is 2.91. The maximum absolute atomic E-state index is 11.6. The first-order chi connectivity index (χ1) is 18.3. The average molecular weight is 522 g/mol. The molecule has 1 aromatic heterocycles. The number of nitrogens with zero attached hydrogens (tertiary/aromatic N) is 2. The number of unbranched alkanes of at least 4 members (excludes halogenated alkanes) is 9. The monoisotopic (exact) mass is 521 g/mol. The van der Waals surface area contributed by atoms with Crippen LogP contribution < -0.4 is 15.2 Å². The molecule has 0 atom stereocenters. The molecule has 0 radical (unpaired) electrons. The highest BCUT2D eigenvalue weighted by Crippen LogP contribution is 2.11. The van der Waals surface area contributed by atoms with Gasteiger partial charge >= 0.3 is 0 Å². The van der Waals surface area contributed by atoms with Crippen LogP contribution in [0.25, 0.3) is 0 Å². The zero-order chi connectivity index (χ0) is 28.0. The summed E-state index contributed by atoms with van der Waals surface area (Å²) >= 11 is 0. The highest BCUT2D eigenvalue weighted by atomic mass is 16.2. The van der Waals surface area contributed by atoms with Gasteiger partial charge in [0.2, 0.25) is 11.8 Å². The fourth-order valence-corrected chi connectivity index (χ4v) is 3.76. The van der Waals surface area contributed by atoms with E-state index in [0.29, 0.717) is 24.2 Å². The lowest BCUT2D eigenvalue weighted by molar-refractivity contribution is -0.697. The van der Waals surface area contributed by atoms with Crippen molar-refractivity contribution in [3.8, 4) is 0 Å². The standard InChI is InChI=1S/C32H48N4O2/c1-6-29(25-34-31(37)27(2)3)17-21-33-20-15-13-11-9-7-8-10-12-14-16-22-36-23-18-30(19-24-36)26-35-32(38)28(4)5/h6,17-19,21,23-24H,1-2,4,7-16,20,22,25-26H2,3,5H3,(H-,34,35,37,38)/p+1/b29-17+,33-21?. The van der Waals surface area contributed by atoms with Crippen LogP contribution in [0.15, 0.2) is 78.1 Å². The minimum Gasteiger partial charge on any atom is -0.348 e. The third-order valence-corrected chi connectivity index (χ3v) is 6.25. The molecule has 0 aliphatic heterocycles. The van der Waals surface area contributed by atoms with Crippen LogP contribution in [0.3, 0.4) is 0 Å². The SMILES string of the molecule is C=C/C(=C\C=NCCCCCCCCCCCC[n+]1ccc(CNC(=O)C(=C)C)cc1)CNC(=O)C(=C)C. The van der Waals surface area contributed by atoms with Gasteiger partial charge in [-0.2, -0.15) is 0 Å². The van der Waals surface area contributed by atoms with Gasteiger partial charge in [0, 0.05) is 55.5 Å². The fourth-order valence-electron chi connectivity index (χ4n) is 3.76. The molecule has 2 N–H and O–H groups in total. The Hall–Kier alpha value is -3.28. The third-order valence-electron chi connectivity index (χ3n) is 6.25. The molecular weight excluding hydrogens is 472 g/mol. The van der Waals surface area contributed by atoms with E-state index in [1.54, 1.807) is 19.9 Å². The molecular formula is C32H49N4O2+. The quantitative estimate of drug-likeness (QED) is 0.0690. The number of hydrogen-bond acceptors (Lipinski definition) is 3. The Morgan fingerprint density at radius 2 is 1.37 bits per heavy atom. The number of rotatable bonds is 21. The van der Waals surface area contributed by atoms with Gasteiger partial charge in [0.15, 0.2) is 12.4 Å². The van der Waals surface area contributed by atoms with Gasteiger partial charge in [0.1, 0.15) is 6.54 Å². The van der Waals surface area contributed by atoms with Crippen molar-refractivity contribution < 1.29 is 14.2 Å². The maximum atomic E-state index is 11.6. The van der Waals surface area contributed by atoms with E-state index in [2.05, 4.69) is 64.5 Å². The van der Waals surface area contributed by atoms with Crippen LogP contribution >= 0.6 is 0 Å². The second-order valence-corrected chi connectivity index (χ2v) is 9.91. The van der Waals surface area contributed by atoms with E-state index in [1.807, 2.05) is 12.3 Å². The predicted octanol–water partition coefficient (Wildman–Crippen LogP) is 5.94. The largest absolute Gasteiger partial charge is 0.348 e. The summed E-state index contributed by atoms with van der Waals surface area (Å²) < 4.78 is 2.22. The molecule has 6 heteroatoms. The summed E-state index contributed by atoms with van der Waals surface area (Å²) in [6, 6.07) is 4.13. The molecule has 0 aliphatic carbocycles. The first-order valence-electron chi connectivity index (χ1n) is 14.0. The van der Waals surface area contributed by atoms with Crippen LogP contribution in [0.2, 0.25) is 0 Å². The van der Waals surface area contributed by atoms with Crippen LogP contribution in [0, 0.1) is 0 Å². The Balaban J connectivity index is 1.98. The Morgan fingerprint density at radius 1 is 0.842 bits per heavy atom. The molecule has 0 aliphatic rings. The molecule has 38 heavy (non-hydrogen) atoms. The molecule has 2 amide bonds. The van der Waals surface area contributed by atoms with Crippen molar-refractivity contribution in [2.75, 3.05) is 13.1 Å². The van der Waals surface area contributed by atoms with Crippen LogP contribution in [0.4, 0.5) is 0 Å². The Morgan fingerprint density at radius 3 is 1.92 bits per heavy atom. The summed E-state index contributed by atoms with van der Waals surface area (Å²) in [5.74, 6) is -0.240. The van der Waals surface area contributed by atoms with E-state index in [-0.39, 0.29) is 11.8 Å². The lowest BCUT2D eigenvalue weighted by Crippen LogP contribution is -2.33. The van der Waals surface area contributed by atoms with Gasteiger partial charge in [-0.25, -0.2) is 4.57 Å². The number of aliphatic imine (C=N–C) groups is 1. The maximum Gasteiger partial charge on any atom is 0.246 e. The molecule has 6 nitrogen and oxygen atoms in total. The molecule has 0 aromatic carbocycles. The van der Waals surface area contributed by atoms with E-state index in [4.69, 9.17) is 0 Å². The van der Waals surface area contributed by atoms with Crippen LogP contribution in [-0.4, -0.2) is 31.1 Å². The summed E-state index contributed by atoms with van der Waals surface area (Å²) in [6.45, 7) is 17.3. The minimum absolute atomic E-state index is 0.0980. The minimum atomic E-state index is -0.142. The van der Waals surface area contributed by atoms with Crippen molar-refractivity contribution in [2.45, 2.75) is 91.1 Å². The Kier molecular flexibility index (Phi) is 17.9. The number of amides is 2. The number of allylic oxidation sites excluding steroid dienone is 1. The van der Waals surface area contributed by atoms with Crippen LogP contribution in [0.5, 0.6) is 0 Å². The van der Waals surface area contributed by atoms with E-state index in [1.165, 1.54) is 57.8 Å². The number of carbonyl (C=O) groups excluding carboxylic acids is 2. The Bertz CT molecular complexity index is 945. The van der Waals surface area contributed by atoms with Gasteiger partial charge in [0.05, 0.1) is 0 Å². The van der Waals surface area contributed by atoms with Gasteiger partial charge in [-0.1, -0.05) is 70.8 Å². The molecule has 0 saturated heterocycles. The van der Waals surface area contributed by atoms with Crippen molar-refractivity contribution in [2.24, 2.45) is 4.99 Å². The summed E-state index contributed by atoms with van der Waals surface area (Å²) in [6.07, 6.45) is 22.3. The van der Waals surface area contributed by atoms with Crippen molar-refractivity contribution in [3.05, 3.63) is 78.7 Å². The van der Waals surface area contributed by atoms with Gasteiger partial charge < -0.3 is 10.6 Å². The first kappa shape index (κ1) is 32.7. The smallest absolute Gasteiger partial charge is 0.246 e. The topological polar surface area (TPSA) is 74.4 Å². The summed E-state index contributed by atoms with van der Waals surface area (Å²) in [7, 11) is 0. The Labute approximate surface area is 230 Å². The highest BCUT2D eigenvalue weighted by molar-refractivity contribution is 5.92. The zero-order valence-electron chi connectivity index (χ0n) is 23.8. The molecule has 1 heterocycles. The second kappa shape index (κ2) is 20.7. The second-order valence-electron chi connectivity index (χ2n) is 9.91. The lowest BCUT2D eigenvalue weighted by Gasteiger charge is -2.04. The van der Waals surface area contributed by atoms with Crippen molar-refractivity contribution in [1.82, 2.24) is 10.6 Å². The molecule has 1 rings (SSSR count). The fraction of sp³-hybridized carbons (Fsp3) is 0.500. The zero-order valence-corrected chi connectivity index (χ0v) is 23.8. The predicted molar refractivity (Wildman–Crippen MR) is 159 cm³/mol. The highest BCUT2D eigenvalue weighted by Gasteiger charge is 2.04. The van der Waals surface area contributed by atoms with E-state index in [9.17, 15) is 9.59 Å². The summed E-state index contributed by atoms with van der Waals surface area (Å²) in [4.78, 5) is 27.6. The van der Waals surface area contributed by atoms with E-state index < -0.39 is 0 Å². The van der Waals surface area contributed by atoms with Gasteiger partial charge in [-0.15, -0.1) is 0 Å². The summed E-state index contributed by atoms with van der Waals surface area (Å²) in [5.41, 5.74) is 3.06. The van der Waals surface area contributed by atoms with Gasteiger partial charge in [-0.3, -0.25) is 14.6 Å². The number of carbonyl (C=O) groups is 2. The number of aryl methyl sites for hydroxylation is 1. The molecule has 0 spiro atoms. The van der Waals surface area contributed by atoms with Gasteiger partial charge in [-0.05, 0) is 43.9 Å². The van der Waals surface area contributed by atoms with Crippen molar-refractivity contribution in [1.29, 1.82) is 0 Å². The lowest BCUT2D eigenvalue weighted by atomic mass is 10.1. The normalized spacial score (nSPS) is 11.4. The van der Waals surface area contributed by atoms with Gasteiger partial charge in [0.25, 0.3) is 0 Å².